The lowest BCUT2D eigenvalue weighted by atomic mass is 9.73. The molecule has 1 saturated carbocycles. The molecule has 4 rings (SSSR count). The molecule has 1 aliphatic carbocycles. The second-order valence-corrected chi connectivity index (χ2v) is 10.9. The molecule has 0 radical (unpaired) electrons. The summed E-state index contributed by atoms with van der Waals surface area (Å²) in [5.74, 6) is 0.650. The van der Waals surface area contributed by atoms with E-state index >= 15 is 0 Å². The number of piperidine rings is 1. The molecule has 2 aliphatic rings. The van der Waals surface area contributed by atoms with Gasteiger partial charge in [0, 0.05) is 56.3 Å². The molecule has 1 aliphatic heterocycles. The number of hydrogen-bond donors (Lipinski definition) is 3. The number of hydrogen-bond acceptors (Lipinski definition) is 5. The predicted octanol–water partition coefficient (Wildman–Crippen LogP) is 5.03. The van der Waals surface area contributed by atoms with E-state index in [2.05, 4.69) is 10.6 Å². The van der Waals surface area contributed by atoms with Crippen molar-refractivity contribution in [3.05, 3.63) is 36.1 Å². The summed E-state index contributed by atoms with van der Waals surface area (Å²) < 4.78 is 11.1. The monoisotopic (exact) mass is 499 g/mol. The average Bonchev–Trinajstić information content (AvgIpc) is 3.58. The maximum Gasteiger partial charge on any atom is 0.317 e. The van der Waals surface area contributed by atoms with Crippen LogP contribution in [0, 0.1) is 11.8 Å². The van der Waals surface area contributed by atoms with Gasteiger partial charge in [-0.1, -0.05) is 43.9 Å². The second kappa shape index (κ2) is 12.9. The summed E-state index contributed by atoms with van der Waals surface area (Å²) in [4.78, 5) is 15.3. The van der Waals surface area contributed by atoms with E-state index in [9.17, 15) is 9.90 Å². The van der Waals surface area contributed by atoms with Gasteiger partial charge in [-0.05, 0) is 57.6 Å². The number of aliphatic hydroxyl groups is 1. The van der Waals surface area contributed by atoms with Crippen LogP contribution in [0.15, 0.2) is 34.9 Å². The number of ether oxygens (including phenoxy) is 1. The van der Waals surface area contributed by atoms with Gasteiger partial charge in [0.05, 0.1) is 11.9 Å². The van der Waals surface area contributed by atoms with Crippen LogP contribution >= 0.6 is 0 Å². The number of fused-ring (bicyclic) bond motifs is 1. The SMILES string of the molecule is CNC[C@H](CC1CCCC1)NC(=O)N1CCC[C@@H]([C@@](O)(CCCCOC)c2cccc3ccoc23)C1. The number of likely N-dealkylation sites (tertiary alicyclic amines) is 1. The number of carbonyl (C=O) groups is 1. The molecular formula is C29H45N3O4. The lowest BCUT2D eigenvalue weighted by Crippen LogP contribution is -2.54. The van der Waals surface area contributed by atoms with Crippen LogP contribution in [0.3, 0.4) is 0 Å². The Labute approximate surface area is 215 Å². The third kappa shape index (κ3) is 6.42. The Bertz CT molecular complexity index is 957. The highest BCUT2D eigenvalue weighted by molar-refractivity contribution is 5.81. The first-order chi connectivity index (χ1) is 17.5. The van der Waals surface area contributed by atoms with Gasteiger partial charge < -0.3 is 29.8 Å². The van der Waals surface area contributed by atoms with E-state index in [-0.39, 0.29) is 18.0 Å². The number of nitrogens with one attached hydrogen (secondary N) is 2. The first kappa shape index (κ1) is 27.0. The molecule has 0 unspecified atom stereocenters. The first-order valence-corrected chi connectivity index (χ1v) is 13.9. The Morgan fingerprint density at radius 1 is 1.22 bits per heavy atom. The molecule has 2 aromatic rings. The highest BCUT2D eigenvalue weighted by atomic mass is 16.5. The Kier molecular flexibility index (Phi) is 9.68. The number of nitrogens with zero attached hydrogens (tertiary/aromatic N) is 1. The average molecular weight is 500 g/mol. The van der Waals surface area contributed by atoms with Crippen molar-refractivity contribution in [3.8, 4) is 0 Å². The fourth-order valence-corrected chi connectivity index (χ4v) is 6.44. The predicted molar refractivity (Wildman–Crippen MR) is 143 cm³/mol. The number of likely N-dealkylation sites (N-methyl/N-ethyl adjacent to an activating group) is 1. The van der Waals surface area contributed by atoms with Crippen LogP contribution in [0.4, 0.5) is 4.79 Å². The summed E-state index contributed by atoms with van der Waals surface area (Å²) in [7, 11) is 3.66. The van der Waals surface area contributed by atoms with Gasteiger partial charge in [0.2, 0.25) is 0 Å². The minimum absolute atomic E-state index is 0.00381. The number of rotatable bonds is 12. The van der Waals surface area contributed by atoms with Gasteiger partial charge in [0.1, 0.15) is 5.58 Å². The summed E-state index contributed by atoms with van der Waals surface area (Å²) in [6.45, 7) is 2.72. The quantitative estimate of drug-likeness (QED) is 0.357. The molecule has 200 valence electrons. The second-order valence-electron chi connectivity index (χ2n) is 10.9. The number of para-hydroxylation sites is 1. The summed E-state index contributed by atoms with van der Waals surface area (Å²) in [6, 6.07) is 8.07. The van der Waals surface area contributed by atoms with E-state index in [0.29, 0.717) is 25.5 Å². The lowest BCUT2D eigenvalue weighted by molar-refractivity contribution is -0.0558. The number of urea groups is 1. The van der Waals surface area contributed by atoms with Crippen LogP contribution in [0.2, 0.25) is 0 Å². The molecule has 1 aromatic carbocycles. The van der Waals surface area contributed by atoms with E-state index in [1.807, 2.05) is 36.2 Å². The first-order valence-electron chi connectivity index (χ1n) is 13.9. The van der Waals surface area contributed by atoms with Crippen molar-refractivity contribution < 1.29 is 19.1 Å². The number of carbonyl (C=O) groups excluding carboxylic acids is 1. The van der Waals surface area contributed by atoms with Crippen molar-refractivity contribution in [2.75, 3.05) is 40.4 Å². The van der Waals surface area contributed by atoms with Crippen molar-refractivity contribution in [2.24, 2.45) is 11.8 Å². The fourth-order valence-electron chi connectivity index (χ4n) is 6.44. The van der Waals surface area contributed by atoms with E-state index in [1.54, 1.807) is 13.4 Å². The normalized spacial score (nSPS) is 21.5. The molecule has 7 nitrogen and oxygen atoms in total. The van der Waals surface area contributed by atoms with Gasteiger partial charge >= 0.3 is 6.03 Å². The smallest absolute Gasteiger partial charge is 0.317 e. The van der Waals surface area contributed by atoms with E-state index in [1.165, 1.54) is 25.7 Å². The Hall–Kier alpha value is -2.09. The minimum atomic E-state index is -1.07. The van der Waals surface area contributed by atoms with Gasteiger partial charge in [-0.2, -0.15) is 0 Å². The zero-order valence-corrected chi connectivity index (χ0v) is 22.1. The van der Waals surface area contributed by atoms with Crippen LogP contribution in [0.25, 0.3) is 11.0 Å². The summed E-state index contributed by atoms with van der Waals surface area (Å²) in [6.07, 6.45) is 12.0. The summed E-state index contributed by atoms with van der Waals surface area (Å²) in [5.41, 5.74) is 0.515. The number of benzene rings is 1. The number of methoxy groups -OCH3 is 1. The summed E-state index contributed by atoms with van der Waals surface area (Å²) >= 11 is 0. The number of furan rings is 1. The molecule has 3 N–H and O–H groups in total. The molecule has 0 bridgehead atoms. The number of unbranched alkanes of at least 4 members (excludes halogenated alkanes) is 1. The van der Waals surface area contributed by atoms with Crippen LogP contribution < -0.4 is 10.6 Å². The standard InChI is InChI=1S/C29H45N3O4/c1-30-20-25(19-22-9-3-4-10-22)31-28(33)32-16-8-12-24(21-32)29(34,15-5-6-17-35-2)26-13-7-11-23-14-18-36-27(23)26/h7,11,13-14,18,22,24-25,30,34H,3-6,8-10,12,15-17,19-21H2,1-2H3,(H,31,33)/t24-,25+,29+/m1/s1. The fraction of sp³-hybridized carbons (Fsp3) is 0.690. The molecular weight excluding hydrogens is 454 g/mol. The van der Waals surface area contributed by atoms with Crippen LogP contribution in [0.5, 0.6) is 0 Å². The minimum Gasteiger partial charge on any atom is -0.464 e. The maximum atomic E-state index is 13.4. The van der Waals surface area contributed by atoms with Gasteiger partial charge in [-0.25, -0.2) is 4.79 Å². The Morgan fingerprint density at radius 2 is 2.06 bits per heavy atom. The third-order valence-corrected chi connectivity index (χ3v) is 8.36. The molecule has 1 aromatic heterocycles. The lowest BCUT2D eigenvalue weighted by Gasteiger charge is -2.43. The van der Waals surface area contributed by atoms with Gasteiger partial charge in [-0.15, -0.1) is 0 Å². The van der Waals surface area contributed by atoms with E-state index in [4.69, 9.17) is 9.15 Å². The molecule has 36 heavy (non-hydrogen) atoms. The third-order valence-electron chi connectivity index (χ3n) is 8.36. The van der Waals surface area contributed by atoms with Crippen molar-refractivity contribution >= 4 is 17.0 Å². The van der Waals surface area contributed by atoms with Crippen molar-refractivity contribution in [2.45, 2.75) is 75.9 Å². The maximum absolute atomic E-state index is 13.4. The molecule has 3 atom stereocenters. The highest BCUT2D eigenvalue weighted by Gasteiger charge is 2.43. The van der Waals surface area contributed by atoms with Gasteiger partial charge in [0.15, 0.2) is 0 Å². The molecule has 2 heterocycles. The highest BCUT2D eigenvalue weighted by Crippen LogP contribution is 2.42. The number of amides is 2. The van der Waals surface area contributed by atoms with Gasteiger partial charge in [0.25, 0.3) is 0 Å². The van der Waals surface area contributed by atoms with Crippen LogP contribution in [-0.2, 0) is 10.3 Å². The zero-order chi connectivity index (χ0) is 25.4. The molecule has 2 amide bonds. The van der Waals surface area contributed by atoms with Crippen LogP contribution in [-0.4, -0.2) is 62.5 Å². The molecule has 0 spiro atoms. The molecule has 7 heteroatoms. The van der Waals surface area contributed by atoms with Crippen molar-refractivity contribution in [3.63, 3.8) is 0 Å². The Morgan fingerprint density at radius 3 is 2.83 bits per heavy atom. The van der Waals surface area contributed by atoms with Crippen molar-refractivity contribution in [1.82, 2.24) is 15.5 Å². The topological polar surface area (TPSA) is 87.0 Å². The van der Waals surface area contributed by atoms with E-state index in [0.717, 1.165) is 61.7 Å². The van der Waals surface area contributed by atoms with Gasteiger partial charge in [-0.3, -0.25) is 0 Å². The molecule has 1 saturated heterocycles. The molecule has 2 fully saturated rings. The Balaban J connectivity index is 1.49. The van der Waals surface area contributed by atoms with Crippen LogP contribution in [0.1, 0.15) is 69.8 Å². The summed E-state index contributed by atoms with van der Waals surface area (Å²) in [5, 5.41) is 19.9. The van der Waals surface area contributed by atoms with E-state index < -0.39 is 5.60 Å². The largest absolute Gasteiger partial charge is 0.464 e. The van der Waals surface area contributed by atoms with Crippen molar-refractivity contribution in [1.29, 1.82) is 0 Å². The zero-order valence-electron chi connectivity index (χ0n) is 22.1.